The molecule has 1 aliphatic rings. The Morgan fingerprint density at radius 1 is 1.52 bits per heavy atom. The Morgan fingerprint density at radius 2 is 2.29 bits per heavy atom. The highest BCUT2D eigenvalue weighted by Crippen LogP contribution is 2.25. The molecule has 3 N–H and O–H groups in total. The highest BCUT2D eigenvalue weighted by Gasteiger charge is 2.29. The maximum atomic E-state index is 12.0. The van der Waals surface area contributed by atoms with Gasteiger partial charge < -0.3 is 20.5 Å². The van der Waals surface area contributed by atoms with Gasteiger partial charge in [0.05, 0.1) is 17.7 Å². The highest BCUT2D eigenvalue weighted by molar-refractivity contribution is 9.10. The predicted molar refractivity (Wildman–Crippen MR) is 86.7 cm³/mol. The smallest absolute Gasteiger partial charge is 0.249 e. The van der Waals surface area contributed by atoms with Gasteiger partial charge in [0.25, 0.3) is 0 Å². The van der Waals surface area contributed by atoms with Crippen molar-refractivity contribution < 1.29 is 14.3 Å². The quantitative estimate of drug-likeness (QED) is 0.821. The van der Waals surface area contributed by atoms with E-state index >= 15 is 0 Å². The maximum absolute atomic E-state index is 12.0. The number of nitrogens with two attached hydrogens (primary N) is 1. The van der Waals surface area contributed by atoms with E-state index in [1.54, 1.807) is 7.11 Å². The number of carbonyl (C=O) groups is 1. The Bertz CT molecular complexity index is 487. The van der Waals surface area contributed by atoms with E-state index in [0.717, 1.165) is 28.6 Å². The largest absolute Gasteiger partial charge is 0.496 e. The molecule has 0 aliphatic carbocycles. The van der Waals surface area contributed by atoms with Gasteiger partial charge in [-0.3, -0.25) is 4.79 Å². The number of hydrogen-bond acceptors (Lipinski definition) is 4. The van der Waals surface area contributed by atoms with Gasteiger partial charge in [0, 0.05) is 13.1 Å². The van der Waals surface area contributed by atoms with Crippen LogP contribution >= 0.6 is 28.3 Å². The monoisotopic (exact) mass is 378 g/mol. The summed E-state index contributed by atoms with van der Waals surface area (Å²) in [6, 6.07) is 5.71. The molecule has 0 aromatic heterocycles. The van der Waals surface area contributed by atoms with Crippen molar-refractivity contribution in [1.29, 1.82) is 0 Å². The minimum absolute atomic E-state index is 0. The SMILES string of the molecule is COc1ccc(CNC(=O)[C@@H]2CC[C@H](CN)O2)cc1Br.Cl. The van der Waals surface area contributed by atoms with Crippen molar-refractivity contribution >= 4 is 34.2 Å². The summed E-state index contributed by atoms with van der Waals surface area (Å²) in [5, 5.41) is 2.88. The minimum Gasteiger partial charge on any atom is -0.496 e. The first kappa shape index (κ1) is 18.2. The van der Waals surface area contributed by atoms with Gasteiger partial charge in [-0.05, 0) is 46.5 Å². The summed E-state index contributed by atoms with van der Waals surface area (Å²) in [6.07, 6.45) is 1.23. The van der Waals surface area contributed by atoms with Crippen LogP contribution in [-0.4, -0.2) is 31.8 Å². The standard InChI is InChI=1S/C14H19BrN2O3.ClH/c1-19-12-4-2-9(6-11(12)15)8-17-14(18)13-5-3-10(7-16)20-13;/h2,4,6,10,13H,3,5,7-8,16H2,1H3,(H,17,18);1H/t10-,13+;/m1./s1. The zero-order chi connectivity index (χ0) is 14.5. The first-order chi connectivity index (χ1) is 9.63. The summed E-state index contributed by atoms with van der Waals surface area (Å²) in [6.45, 7) is 0.934. The molecule has 0 spiro atoms. The summed E-state index contributed by atoms with van der Waals surface area (Å²) in [4.78, 5) is 12.0. The molecule has 0 bridgehead atoms. The van der Waals surface area contributed by atoms with Gasteiger partial charge in [-0.1, -0.05) is 6.07 Å². The van der Waals surface area contributed by atoms with Crippen molar-refractivity contribution in [1.82, 2.24) is 5.32 Å². The lowest BCUT2D eigenvalue weighted by atomic mass is 10.1. The zero-order valence-electron chi connectivity index (χ0n) is 11.8. The van der Waals surface area contributed by atoms with Crippen molar-refractivity contribution in [2.24, 2.45) is 5.73 Å². The molecule has 1 aliphatic heterocycles. The van der Waals surface area contributed by atoms with E-state index in [1.165, 1.54) is 0 Å². The molecule has 1 heterocycles. The minimum atomic E-state index is -0.370. The van der Waals surface area contributed by atoms with Crippen LogP contribution in [0.4, 0.5) is 0 Å². The van der Waals surface area contributed by atoms with Crippen LogP contribution < -0.4 is 15.8 Å². The van der Waals surface area contributed by atoms with E-state index in [1.807, 2.05) is 18.2 Å². The van der Waals surface area contributed by atoms with Crippen LogP contribution in [0.5, 0.6) is 5.75 Å². The average molecular weight is 380 g/mol. The molecular formula is C14H20BrClN2O3. The fourth-order valence-electron chi connectivity index (χ4n) is 2.19. The van der Waals surface area contributed by atoms with Gasteiger partial charge >= 0.3 is 0 Å². The van der Waals surface area contributed by atoms with Crippen LogP contribution in [0, 0.1) is 0 Å². The molecule has 2 atom stereocenters. The van der Waals surface area contributed by atoms with Crippen molar-refractivity contribution in [3.63, 3.8) is 0 Å². The van der Waals surface area contributed by atoms with Crippen molar-refractivity contribution in [3.05, 3.63) is 28.2 Å². The molecule has 0 saturated carbocycles. The topological polar surface area (TPSA) is 73.6 Å². The number of nitrogens with one attached hydrogen (secondary N) is 1. The Morgan fingerprint density at radius 3 is 2.86 bits per heavy atom. The van der Waals surface area contributed by atoms with Gasteiger partial charge in [0.15, 0.2) is 0 Å². The Balaban J connectivity index is 0.00000220. The molecule has 1 saturated heterocycles. The summed E-state index contributed by atoms with van der Waals surface area (Å²) in [5.41, 5.74) is 6.53. The van der Waals surface area contributed by atoms with E-state index in [4.69, 9.17) is 15.2 Å². The Kier molecular flexibility index (Phi) is 7.45. The fraction of sp³-hybridized carbons (Fsp3) is 0.500. The molecule has 1 aromatic rings. The van der Waals surface area contributed by atoms with Crippen LogP contribution in [0.2, 0.25) is 0 Å². The summed E-state index contributed by atoms with van der Waals surface area (Å²) >= 11 is 3.42. The number of hydrogen-bond donors (Lipinski definition) is 2. The third kappa shape index (κ3) is 4.85. The third-order valence-electron chi connectivity index (χ3n) is 3.35. The maximum Gasteiger partial charge on any atom is 0.249 e. The number of ether oxygens (including phenoxy) is 2. The second-order valence-electron chi connectivity index (χ2n) is 4.75. The van der Waals surface area contributed by atoms with Crippen molar-refractivity contribution in [2.75, 3.05) is 13.7 Å². The molecule has 1 amide bonds. The molecule has 0 radical (unpaired) electrons. The number of halogens is 2. The summed E-state index contributed by atoms with van der Waals surface area (Å²) in [5.74, 6) is 0.692. The lowest BCUT2D eigenvalue weighted by Crippen LogP contribution is -2.35. The Hall–Kier alpha value is -0.820. The van der Waals surface area contributed by atoms with Crippen LogP contribution in [0.1, 0.15) is 18.4 Å². The number of carbonyl (C=O) groups excluding carboxylic acids is 1. The number of methoxy groups -OCH3 is 1. The number of rotatable bonds is 5. The van der Waals surface area contributed by atoms with Crippen LogP contribution in [0.25, 0.3) is 0 Å². The van der Waals surface area contributed by atoms with Crippen LogP contribution in [0.3, 0.4) is 0 Å². The van der Waals surface area contributed by atoms with Gasteiger partial charge in [0.1, 0.15) is 11.9 Å². The molecule has 21 heavy (non-hydrogen) atoms. The normalized spacial score (nSPS) is 20.7. The van der Waals surface area contributed by atoms with Gasteiger partial charge in [-0.15, -0.1) is 12.4 Å². The van der Waals surface area contributed by atoms with Gasteiger partial charge in [0.2, 0.25) is 5.91 Å². The van der Waals surface area contributed by atoms with Crippen molar-refractivity contribution in [3.8, 4) is 5.75 Å². The third-order valence-corrected chi connectivity index (χ3v) is 3.97. The molecule has 1 aromatic carbocycles. The molecule has 0 unspecified atom stereocenters. The molecule has 1 fully saturated rings. The lowest BCUT2D eigenvalue weighted by Gasteiger charge is -2.13. The molecular weight excluding hydrogens is 360 g/mol. The molecule has 5 nitrogen and oxygen atoms in total. The first-order valence-corrected chi connectivity index (χ1v) is 7.39. The molecule has 118 valence electrons. The average Bonchev–Trinajstić information content (AvgIpc) is 2.94. The van der Waals surface area contributed by atoms with E-state index in [0.29, 0.717) is 13.1 Å². The first-order valence-electron chi connectivity index (χ1n) is 6.59. The second kappa shape index (κ2) is 8.58. The summed E-state index contributed by atoms with van der Waals surface area (Å²) in [7, 11) is 1.62. The zero-order valence-corrected chi connectivity index (χ0v) is 14.2. The van der Waals surface area contributed by atoms with E-state index < -0.39 is 0 Å². The van der Waals surface area contributed by atoms with E-state index in [2.05, 4.69) is 21.2 Å². The number of amides is 1. The summed E-state index contributed by atoms with van der Waals surface area (Å²) < 4.78 is 11.6. The highest BCUT2D eigenvalue weighted by atomic mass is 79.9. The fourth-order valence-corrected chi connectivity index (χ4v) is 2.78. The second-order valence-corrected chi connectivity index (χ2v) is 5.60. The predicted octanol–water partition coefficient (Wildman–Crippen LogP) is 2.00. The van der Waals surface area contributed by atoms with Crippen LogP contribution in [0.15, 0.2) is 22.7 Å². The molecule has 2 rings (SSSR count). The lowest BCUT2D eigenvalue weighted by molar-refractivity contribution is -0.132. The number of benzene rings is 1. The van der Waals surface area contributed by atoms with Crippen LogP contribution in [-0.2, 0) is 16.1 Å². The Labute approximate surface area is 139 Å². The van der Waals surface area contributed by atoms with Crippen molar-refractivity contribution in [2.45, 2.75) is 31.6 Å². The van der Waals surface area contributed by atoms with Gasteiger partial charge in [-0.25, -0.2) is 0 Å². The molecule has 7 heteroatoms. The van der Waals surface area contributed by atoms with Gasteiger partial charge in [-0.2, -0.15) is 0 Å². The van der Waals surface area contributed by atoms with E-state index in [9.17, 15) is 4.79 Å². The van der Waals surface area contributed by atoms with E-state index in [-0.39, 0.29) is 30.5 Å².